The minimum Gasteiger partial charge on any atom is -0.383 e. The molecule has 1 fully saturated rings. The topological polar surface area (TPSA) is 115 Å². The van der Waals surface area contributed by atoms with Crippen LogP contribution in [0.3, 0.4) is 0 Å². The summed E-state index contributed by atoms with van der Waals surface area (Å²) in [7, 11) is 1.51. The molecule has 3 aromatic rings. The van der Waals surface area contributed by atoms with Crippen LogP contribution in [-0.2, 0) is 14.3 Å². The number of ether oxygens (including phenoxy) is 2. The number of carbonyl (C=O) groups is 1. The number of carbonyl (C=O) groups excluding carboxylic acids is 1. The number of morpholine rings is 1. The highest BCUT2D eigenvalue weighted by Gasteiger charge is 2.13. The van der Waals surface area contributed by atoms with Crippen LogP contribution < -0.4 is 21.3 Å². The summed E-state index contributed by atoms with van der Waals surface area (Å²) in [5.41, 5.74) is 10.2. The Hall–Kier alpha value is -3.53. The molecule has 1 saturated heterocycles. The van der Waals surface area contributed by atoms with Crippen LogP contribution in [0.15, 0.2) is 60.8 Å². The van der Waals surface area contributed by atoms with Gasteiger partial charge < -0.3 is 30.7 Å². The molecule has 0 spiro atoms. The summed E-state index contributed by atoms with van der Waals surface area (Å²) in [6, 6.07) is 16.7. The van der Waals surface area contributed by atoms with Crippen molar-refractivity contribution in [3.05, 3.63) is 60.8 Å². The number of aromatic nitrogens is 2. The Balaban J connectivity index is 1.40. The van der Waals surface area contributed by atoms with Crippen LogP contribution in [0, 0.1) is 0 Å². The largest absolute Gasteiger partial charge is 0.383 e. The van der Waals surface area contributed by atoms with Gasteiger partial charge >= 0.3 is 0 Å². The van der Waals surface area contributed by atoms with E-state index in [4.69, 9.17) is 15.2 Å². The van der Waals surface area contributed by atoms with Crippen molar-refractivity contribution in [2.45, 2.75) is 6.04 Å². The highest BCUT2D eigenvalue weighted by molar-refractivity contribution is 5.95. The van der Waals surface area contributed by atoms with E-state index < -0.39 is 6.04 Å². The average molecular weight is 449 g/mol. The fraction of sp³-hybridized carbons (Fsp3) is 0.292. The SMILES string of the molecule is COC[C@@H](N)C(=O)Nc1ccc(-c2ccnc(Nc3ccc(N4CCOCC4)cc3)n2)cc1. The van der Waals surface area contributed by atoms with Crippen molar-refractivity contribution < 1.29 is 14.3 Å². The van der Waals surface area contributed by atoms with Gasteiger partial charge in [0.2, 0.25) is 11.9 Å². The molecule has 172 valence electrons. The van der Waals surface area contributed by atoms with Gasteiger partial charge in [-0.05, 0) is 42.5 Å². The zero-order chi connectivity index (χ0) is 23.0. The molecular weight excluding hydrogens is 420 g/mol. The number of anilines is 4. The Labute approximate surface area is 192 Å². The van der Waals surface area contributed by atoms with E-state index >= 15 is 0 Å². The maximum atomic E-state index is 12.0. The zero-order valence-corrected chi connectivity index (χ0v) is 18.5. The highest BCUT2D eigenvalue weighted by atomic mass is 16.5. The molecule has 9 heteroatoms. The molecule has 0 saturated carbocycles. The van der Waals surface area contributed by atoms with Crippen LogP contribution in [-0.4, -0.2) is 61.9 Å². The fourth-order valence-corrected chi connectivity index (χ4v) is 3.50. The summed E-state index contributed by atoms with van der Waals surface area (Å²) in [6.07, 6.45) is 1.71. The van der Waals surface area contributed by atoms with E-state index in [-0.39, 0.29) is 12.5 Å². The molecule has 1 atom stereocenters. The molecule has 4 N–H and O–H groups in total. The minimum atomic E-state index is -0.715. The fourth-order valence-electron chi connectivity index (χ4n) is 3.50. The smallest absolute Gasteiger partial charge is 0.243 e. The summed E-state index contributed by atoms with van der Waals surface area (Å²) < 4.78 is 10.3. The molecule has 0 radical (unpaired) electrons. The first kappa shape index (κ1) is 22.7. The quantitative estimate of drug-likeness (QED) is 0.482. The number of amides is 1. The molecule has 0 bridgehead atoms. The van der Waals surface area contributed by atoms with Crippen molar-refractivity contribution in [3.63, 3.8) is 0 Å². The van der Waals surface area contributed by atoms with E-state index in [1.807, 2.05) is 42.5 Å². The lowest BCUT2D eigenvalue weighted by Gasteiger charge is -2.28. The molecule has 1 aliphatic heterocycles. The Morgan fingerprint density at radius 2 is 1.79 bits per heavy atom. The van der Waals surface area contributed by atoms with Gasteiger partial charge in [0.25, 0.3) is 0 Å². The Morgan fingerprint density at radius 3 is 2.48 bits per heavy atom. The van der Waals surface area contributed by atoms with E-state index in [0.29, 0.717) is 11.6 Å². The predicted molar refractivity (Wildman–Crippen MR) is 129 cm³/mol. The number of methoxy groups -OCH3 is 1. The van der Waals surface area contributed by atoms with E-state index in [0.717, 1.165) is 43.2 Å². The maximum absolute atomic E-state index is 12.0. The predicted octanol–water partition coefficient (Wildman–Crippen LogP) is 2.64. The number of nitrogens with two attached hydrogens (primary N) is 1. The van der Waals surface area contributed by atoms with Crippen LogP contribution in [0.4, 0.5) is 23.0 Å². The van der Waals surface area contributed by atoms with Crippen molar-refractivity contribution in [1.82, 2.24) is 9.97 Å². The van der Waals surface area contributed by atoms with Gasteiger partial charge in [-0.25, -0.2) is 9.97 Å². The van der Waals surface area contributed by atoms with Crippen LogP contribution >= 0.6 is 0 Å². The number of benzene rings is 2. The number of nitrogens with one attached hydrogen (secondary N) is 2. The van der Waals surface area contributed by atoms with E-state index in [9.17, 15) is 4.79 Å². The number of rotatable bonds is 8. The summed E-state index contributed by atoms with van der Waals surface area (Å²) in [5, 5.41) is 6.04. The minimum absolute atomic E-state index is 0.163. The molecule has 2 aromatic carbocycles. The number of hydrogen-bond acceptors (Lipinski definition) is 8. The molecule has 33 heavy (non-hydrogen) atoms. The lowest BCUT2D eigenvalue weighted by Crippen LogP contribution is -2.39. The average Bonchev–Trinajstić information content (AvgIpc) is 2.86. The van der Waals surface area contributed by atoms with Gasteiger partial charge in [-0.1, -0.05) is 12.1 Å². The monoisotopic (exact) mass is 448 g/mol. The second-order valence-electron chi connectivity index (χ2n) is 7.67. The molecular formula is C24H28N6O3. The number of nitrogens with zero attached hydrogens (tertiary/aromatic N) is 3. The molecule has 1 aromatic heterocycles. The van der Waals surface area contributed by atoms with Crippen molar-refractivity contribution in [2.75, 3.05) is 55.6 Å². The lowest BCUT2D eigenvalue weighted by molar-refractivity contribution is -0.118. The van der Waals surface area contributed by atoms with Gasteiger partial charge in [0.1, 0.15) is 6.04 Å². The first-order valence-electron chi connectivity index (χ1n) is 10.8. The van der Waals surface area contributed by atoms with Gasteiger partial charge in [0.05, 0.1) is 25.5 Å². The van der Waals surface area contributed by atoms with E-state index in [2.05, 4.69) is 37.6 Å². The second-order valence-corrected chi connectivity index (χ2v) is 7.67. The first-order valence-corrected chi connectivity index (χ1v) is 10.8. The van der Waals surface area contributed by atoms with Gasteiger partial charge in [-0.3, -0.25) is 4.79 Å². The van der Waals surface area contributed by atoms with Gasteiger partial charge in [0.15, 0.2) is 0 Å². The molecule has 9 nitrogen and oxygen atoms in total. The van der Waals surface area contributed by atoms with Crippen LogP contribution in [0.25, 0.3) is 11.3 Å². The molecule has 0 aliphatic carbocycles. The maximum Gasteiger partial charge on any atom is 0.243 e. The third-order valence-corrected chi connectivity index (χ3v) is 5.29. The van der Waals surface area contributed by atoms with Crippen LogP contribution in [0.2, 0.25) is 0 Å². The Morgan fingerprint density at radius 1 is 1.09 bits per heavy atom. The third-order valence-electron chi connectivity index (χ3n) is 5.29. The van der Waals surface area contributed by atoms with Crippen molar-refractivity contribution in [2.24, 2.45) is 5.73 Å². The lowest BCUT2D eigenvalue weighted by atomic mass is 10.1. The molecule has 1 amide bonds. The molecule has 0 unspecified atom stereocenters. The van der Waals surface area contributed by atoms with E-state index in [1.54, 1.807) is 6.20 Å². The standard InChI is InChI=1S/C24H28N6O3/c1-32-16-21(25)23(31)27-18-4-2-17(3-5-18)22-10-11-26-24(29-22)28-19-6-8-20(9-7-19)30-12-14-33-15-13-30/h2-11,21H,12-16,25H2,1H3,(H,27,31)(H,26,28,29)/t21-/m1/s1. The Kier molecular flexibility index (Phi) is 7.46. The van der Waals surface area contributed by atoms with Gasteiger partial charge in [-0.15, -0.1) is 0 Å². The second kappa shape index (κ2) is 10.9. The molecule has 4 rings (SSSR count). The Bertz CT molecular complexity index is 1050. The molecule has 1 aliphatic rings. The summed E-state index contributed by atoms with van der Waals surface area (Å²) >= 11 is 0. The van der Waals surface area contributed by atoms with Crippen molar-refractivity contribution in [1.29, 1.82) is 0 Å². The normalized spacial score (nSPS) is 14.5. The molecule has 2 heterocycles. The summed E-state index contributed by atoms with van der Waals surface area (Å²) in [5.74, 6) is 0.215. The number of hydrogen-bond donors (Lipinski definition) is 3. The van der Waals surface area contributed by atoms with Crippen LogP contribution in [0.5, 0.6) is 0 Å². The third kappa shape index (κ3) is 6.04. The summed E-state index contributed by atoms with van der Waals surface area (Å²) in [4.78, 5) is 23.3. The highest BCUT2D eigenvalue weighted by Crippen LogP contribution is 2.23. The van der Waals surface area contributed by atoms with E-state index in [1.165, 1.54) is 12.8 Å². The zero-order valence-electron chi connectivity index (χ0n) is 18.5. The van der Waals surface area contributed by atoms with Crippen LogP contribution in [0.1, 0.15) is 0 Å². The van der Waals surface area contributed by atoms with Gasteiger partial charge in [-0.2, -0.15) is 0 Å². The van der Waals surface area contributed by atoms with Crippen molar-refractivity contribution >= 4 is 28.9 Å². The van der Waals surface area contributed by atoms with Crippen molar-refractivity contribution in [3.8, 4) is 11.3 Å². The first-order chi connectivity index (χ1) is 16.1. The summed E-state index contributed by atoms with van der Waals surface area (Å²) in [6.45, 7) is 3.49. The van der Waals surface area contributed by atoms with Gasteiger partial charge in [0, 0.05) is 49.0 Å².